The molecule has 1 amide bonds. The van der Waals surface area contributed by atoms with E-state index in [-0.39, 0.29) is 45.5 Å². The molecule has 229 valence electrons. The molecule has 0 spiro atoms. The van der Waals surface area contributed by atoms with Crippen molar-refractivity contribution in [2.75, 3.05) is 33.1 Å². The van der Waals surface area contributed by atoms with Crippen molar-refractivity contribution in [1.29, 1.82) is 0 Å². The fourth-order valence-corrected chi connectivity index (χ4v) is 8.80. The predicted octanol–water partition coefficient (Wildman–Crippen LogP) is 1.94. The molecule has 2 aromatic carbocycles. The summed E-state index contributed by atoms with van der Waals surface area (Å²) >= 11 is 0. The molecule has 0 aliphatic heterocycles. The number of amides is 1. The Morgan fingerprint density at radius 1 is 1.11 bits per heavy atom. The number of nitrogens with one attached hydrogen (secondary N) is 1. The van der Waals surface area contributed by atoms with E-state index in [1.807, 2.05) is 19.0 Å². The number of nitrogens with two attached hydrogens (primary N) is 1. The van der Waals surface area contributed by atoms with Crippen LogP contribution in [-0.4, -0.2) is 90.3 Å². The molecule has 9 nitrogen and oxygen atoms in total. The molecule has 1 fully saturated rings. The van der Waals surface area contributed by atoms with Gasteiger partial charge in [-0.2, -0.15) is 0 Å². The predicted molar refractivity (Wildman–Crippen MR) is 176 cm³/mol. The van der Waals surface area contributed by atoms with Crippen LogP contribution in [0.4, 0.5) is 5.69 Å². The van der Waals surface area contributed by atoms with E-state index >= 15 is 0 Å². The van der Waals surface area contributed by atoms with Crippen molar-refractivity contribution >= 4 is 45.3 Å². The van der Waals surface area contributed by atoms with E-state index in [4.69, 9.17) is 13.2 Å². The summed E-state index contributed by atoms with van der Waals surface area (Å²) in [7, 11) is 16.4. The van der Waals surface area contributed by atoms with Crippen LogP contribution in [0.2, 0.25) is 0 Å². The minimum absolute atomic E-state index is 0.101. The number of rotatable bonds is 6. The van der Waals surface area contributed by atoms with Crippen molar-refractivity contribution < 1.29 is 24.9 Å². The topological polar surface area (TPSA) is 139 Å². The van der Waals surface area contributed by atoms with Gasteiger partial charge < -0.3 is 0 Å². The quantitative estimate of drug-likeness (QED) is 0.246. The van der Waals surface area contributed by atoms with Gasteiger partial charge in [0.2, 0.25) is 0 Å². The van der Waals surface area contributed by atoms with Crippen molar-refractivity contribution in [3.63, 3.8) is 0 Å². The van der Waals surface area contributed by atoms with Crippen LogP contribution in [0.5, 0.6) is 5.75 Å². The van der Waals surface area contributed by atoms with Crippen LogP contribution >= 0.6 is 9.24 Å². The van der Waals surface area contributed by atoms with Crippen LogP contribution in [0.1, 0.15) is 34.2 Å². The van der Waals surface area contributed by atoms with Gasteiger partial charge in [0.05, 0.1) is 0 Å². The summed E-state index contributed by atoms with van der Waals surface area (Å²) in [6.07, 6.45) is 2.66. The van der Waals surface area contributed by atoms with E-state index in [2.05, 4.69) is 38.8 Å². The SMILES string of the molecule is [B]=C1C(C(N)=O)=C(O)[C@@H](N(C)C)[C@@H]2C[C@@H]3Cc4c(c(O)cc(CNC5Cc6ccccc6C5)c4N(C)C)C(O)=C3C(=O)[C@]12P. The zero-order chi connectivity index (χ0) is 31.8. The summed E-state index contributed by atoms with van der Waals surface area (Å²) < 4.78 is 0. The number of hydrogen-bond acceptors (Lipinski definition) is 8. The van der Waals surface area contributed by atoms with Crippen LogP contribution in [0.15, 0.2) is 47.2 Å². The Kier molecular flexibility index (Phi) is 7.55. The molecule has 1 saturated carbocycles. The third kappa shape index (κ3) is 4.45. The fraction of sp³-hybridized carbons (Fsp3) is 0.424. The molecule has 1 unspecified atom stereocenters. The molecule has 6 N–H and O–H groups in total. The Labute approximate surface area is 261 Å². The number of aromatic hydroxyl groups is 1. The zero-order valence-corrected chi connectivity index (χ0v) is 26.7. The second-order valence-corrected chi connectivity index (χ2v) is 14.0. The average Bonchev–Trinajstić information content (AvgIpc) is 3.36. The van der Waals surface area contributed by atoms with E-state index in [1.54, 1.807) is 25.1 Å². The number of ketones is 1. The number of carbonyl (C=O) groups excluding carboxylic acids is 2. The number of nitrogens with zero attached hydrogens (tertiary/aromatic N) is 2. The van der Waals surface area contributed by atoms with E-state index in [0.717, 1.165) is 29.7 Å². The van der Waals surface area contributed by atoms with Crippen molar-refractivity contribution in [3.05, 3.63) is 75.1 Å². The van der Waals surface area contributed by atoms with Gasteiger partial charge in [-0.3, -0.25) is 0 Å². The molecule has 0 heterocycles. The molecule has 0 aromatic heterocycles. The molecular weight excluding hydrogens is 574 g/mol. The number of hydrogen-bond donors (Lipinski definition) is 5. The third-order valence-electron chi connectivity index (χ3n) is 10.1. The number of aliphatic hydroxyl groups excluding tert-OH is 2. The van der Waals surface area contributed by atoms with E-state index in [9.17, 15) is 24.9 Å². The Bertz CT molecular complexity index is 1660. The Morgan fingerprint density at radius 3 is 2.32 bits per heavy atom. The summed E-state index contributed by atoms with van der Waals surface area (Å²) in [5.74, 6) is -2.94. The fourth-order valence-electron chi connectivity index (χ4n) is 8.19. The number of carbonyl (C=O) groups is 2. The van der Waals surface area contributed by atoms with Gasteiger partial charge in [-0.15, -0.1) is 0 Å². The maximum absolute atomic E-state index is 14.4. The first-order valence-electron chi connectivity index (χ1n) is 14.9. The second kappa shape index (κ2) is 10.9. The molecule has 11 heteroatoms. The summed E-state index contributed by atoms with van der Waals surface area (Å²) in [4.78, 5) is 30.6. The molecule has 0 saturated heterocycles. The number of likely N-dealkylation sites (N-methyl/N-ethyl adjacent to an activating group) is 1. The van der Waals surface area contributed by atoms with Gasteiger partial charge in [-0.1, -0.05) is 24.3 Å². The first-order chi connectivity index (χ1) is 20.8. The van der Waals surface area contributed by atoms with Gasteiger partial charge in [-0.25, -0.2) is 0 Å². The summed E-state index contributed by atoms with van der Waals surface area (Å²) in [6, 6.07) is 9.69. The first kappa shape index (κ1) is 30.6. The third-order valence-corrected chi connectivity index (χ3v) is 11.1. The van der Waals surface area contributed by atoms with Gasteiger partial charge in [0, 0.05) is 0 Å². The first-order valence-corrected chi connectivity index (χ1v) is 15.5. The molecule has 6 rings (SSSR count). The van der Waals surface area contributed by atoms with Gasteiger partial charge in [0.1, 0.15) is 0 Å². The number of anilines is 1. The number of fused-ring (bicyclic) bond motifs is 4. The molecule has 44 heavy (non-hydrogen) atoms. The maximum atomic E-state index is 14.4. The van der Waals surface area contributed by atoms with E-state index < -0.39 is 34.7 Å². The number of benzene rings is 2. The van der Waals surface area contributed by atoms with Crippen LogP contribution in [0.3, 0.4) is 0 Å². The summed E-state index contributed by atoms with van der Waals surface area (Å²) in [6.45, 7) is 0.522. The number of allylic oxidation sites excluding steroid dienone is 1. The number of primary amides is 1. The molecule has 1 radical (unpaired) electrons. The molecule has 2 aromatic rings. The van der Waals surface area contributed by atoms with Crippen LogP contribution in [0.25, 0.3) is 5.76 Å². The van der Waals surface area contributed by atoms with E-state index in [1.165, 1.54) is 11.1 Å². The van der Waals surface area contributed by atoms with Crippen LogP contribution in [0, 0.1) is 11.8 Å². The van der Waals surface area contributed by atoms with Crippen molar-refractivity contribution in [3.8, 4) is 5.75 Å². The summed E-state index contributed by atoms with van der Waals surface area (Å²) in [5, 5.41) is 36.5. The minimum atomic E-state index is -1.48. The van der Waals surface area contributed by atoms with Gasteiger partial charge in [0.25, 0.3) is 0 Å². The molecule has 4 aliphatic rings. The Balaban J connectivity index is 1.41. The Hall–Kier alpha value is -3.46. The molecular formula is C33H39BN4O5P. The average molecular weight is 613 g/mol. The van der Waals surface area contributed by atoms with Gasteiger partial charge in [0.15, 0.2) is 0 Å². The number of phenols is 1. The summed E-state index contributed by atoms with van der Waals surface area (Å²) in [5.41, 5.74) is 10.9. The van der Waals surface area contributed by atoms with Crippen molar-refractivity contribution in [2.45, 2.75) is 49.5 Å². The Morgan fingerprint density at radius 2 is 1.75 bits per heavy atom. The standard InChI is InChI=1S/C33H39BN4O5P/c1-37(2)26-18(14-36-19-9-15-7-5-6-8-16(15)10-19)13-22(39)24-20(26)11-17-12-21-27(38(3)4)29(41)25(32(35)43)30(34)33(21,44)31(42)23(17)28(24)40/h5-8,13,17,19,21,27,36,39-41H,9-12,14,44H2,1-4H3,(H2,35,43)/t17-,21-,27-,33+/m0/s1. The van der Waals surface area contributed by atoms with Crippen molar-refractivity contribution in [2.24, 2.45) is 17.6 Å². The molecule has 4 aliphatic carbocycles. The number of Topliss-reactive ketones (excluding diaryl/α,β-unsaturated/α-hetero) is 1. The van der Waals surface area contributed by atoms with E-state index in [0.29, 0.717) is 19.4 Å². The van der Waals surface area contributed by atoms with Gasteiger partial charge in [-0.05, 0) is 24.0 Å². The second-order valence-electron chi connectivity index (χ2n) is 13.1. The van der Waals surface area contributed by atoms with Crippen LogP contribution < -0.4 is 16.0 Å². The normalized spacial score (nSPS) is 26.4. The zero-order valence-electron chi connectivity index (χ0n) is 25.5. The number of phenolic OH excluding ortho intramolecular Hbond substituents is 1. The van der Waals surface area contributed by atoms with Crippen molar-refractivity contribution in [1.82, 2.24) is 10.2 Å². The monoisotopic (exact) mass is 613 g/mol. The number of aliphatic hydroxyl groups is 2. The van der Waals surface area contributed by atoms with Gasteiger partial charge >= 0.3 is 213 Å². The molecule has 0 bridgehead atoms. The van der Waals surface area contributed by atoms with Crippen LogP contribution in [-0.2, 0) is 35.4 Å². The molecule has 5 atom stereocenters.